The fourth-order valence-corrected chi connectivity index (χ4v) is 4.51. The summed E-state index contributed by atoms with van der Waals surface area (Å²) in [6.07, 6.45) is 0.669. The summed E-state index contributed by atoms with van der Waals surface area (Å²) in [5.41, 5.74) is 2.28. The van der Waals surface area contributed by atoms with E-state index in [0.717, 1.165) is 17.7 Å². The van der Waals surface area contributed by atoms with Gasteiger partial charge in [-0.2, -0.15) is 0 Å². The van der Waals surface area contributed by atoms with Gasteiger partial charge in [0.05, 0.1) is 5.75 Å². The zero-order chi connectivity index (χ0) is 19.3. The maximum Gasteiger partial charge on any atom is 0.242 e. The Morgan fingerprint density at radius 2 is 2.04 bits per heavy atom. The first kappa shape index (κ1) is 20.8. The number of thioether (sulfide) groups is 1. The molecule has 1 aliphatic rings. The van der Waals surface area contributed by atoms with Gasteiger partial charge >= 0.3 is 0 Å². The lowest BCUT2D eigenvalue weighted by atomic mass is 9.99. The number of hydrogen-bond donors (Lipinski definition) is 1. The molecule has 1 heterocycles. The van der Waals surface area contributed by atoms with E-state index >= 15 is 0 Å². The van der Waals surface area contributed by atoms with Crippen molar-refractivity contribution >= 4 is 23.6 Å². The first-order valence-corrected chi connectivity index (χ1v) is 10.3. The summed E-state index contributed by atoms with van der Waals surface area (Å²) in [7, 11) is 3.96. The Labute approximate surface area is 161 Å². The third kappa shape index (κ3) is 5.24. The molecule has 0 aromatic heterocycles. The maximum atomic E-state index is 12.9. The number of hydrogen-bond acceptors (Lipinski definition) is 4. The first-order valence-electron chi connectivity index (χ1n) is 9.22. The van der Waals surface area contributed by atoms with Crippen LogP contribution in [0.15, 0.2) is 24.3 Å². The van der Waals surface area contributed by atoms with Gasteiger partial charge in [0.2, 0.25) is 11.8 Å². The van der Waals surface area contributed by atoms with Gasteiger partial charge in [-0.3, -0.25) is 9.59 Å². The maximum absolute atomic E-state index is 12.9. The number of carbonyl (C=O) groups excluding carboxylic acids is 2. The molecule has 0 bridgehead atoms. The van der Waals surface area contributed by atoms with Crippen LogP contribution in [0.5, 0.6) is 0 Å². The number of benzene rings is 1. The largest absolute Gasteiger partial charge is 0.353 e. The molecule has 144 valence electrons. The van der Waals surface area contributed by atoms with Crippen molar-refractivity contribution in [3.05, 3.63) is 35.4 Å². The van der Waals surface area contributed by atoms with E-state index in [1.54, 1.807) is 11.8 Å². The molecule has 2 amide bonds. The van der Waals surface area contributed by atoms with Crippen molar-refractivity contribution in [2.75, 3.05) is 32.9 Å². The third-order valence-corrected chi connectivity index (χ3v) is 5.76. The Morgan fingerprint density at radius 1 is 1.35 bits per heavy atom. The second kappa shape index (κ2) is 9.42. The molecule has 0 saturated carbocycles. The summed E-state index contributed by atoms with van der Waals surface area (Å²) < 4.78 is 0. The lowest BCUT2D eigenvalue weighted by Gasteiger charge is -2.33. The van der Waals surface area contributed by atoms with Gasteiger partial charge < -0.3 is 15.1 Å². The highest BCUT2D eigenvalue weighted by Gasteiger charge is 2.41. The summed E-state index contributed by atoms with van der Waals surface area (Å²) in [5, 5.41) is 2.93. The molecule has 0 spiro atoms. The van der Waals surface area contributed by atoms with Crippen LogP contribution < -0.4 is 5.32 Å². The second-order valence-electron chi connectivity index (χ2n) is 7.56. The van der Waals surface area contributed by atoms with Crippen LogP contribution >= 0.6 is 11.8 Å². The van der Waals surface area contributed by atoms with Gasteiger partial charge in [0, 0.05) is 13.1 Å². The number of amides is 2. The van der Waals surface area contributed by atoms with Crippen molar-refractivity contribution in [3.8, 4) is 0 Å². The molecule has 0 radical (unpaired) electrons. The SMILES string of the molecule is Cc1ccccc1[C@H]1SCC(=O)N1[C@@H](CC(C)C)C(=O)NCCN(C)C. The lowest BCUT2D eigenvalue weighted by molar-refractivity contribution is -0.139. The summed E-state index contributed by atoms with van der Waals surface area (Å²) in [5.74, 6) is 0.764. The number of likely N-dealkylation sites (N-methyl/N-ethyl adjacent to an activating group) is 1. The molecule has 1 aromatic carbocycles. The van der Waals surface area contributed by atoms with Crippen molar-refractivity contribution in [1.82, 2.24) is 15.1 Å². The predicted octanol–water partition coefficient (Wildman–Crippen LogP) is 2.66. The average molecular weight is 378 g/mol. The van der Waals surface area contributed by atoms with Crippen LogP contribution in [-0.4, -0.2) is 60.6 Å². The Morgan fingerprint density at radius 3 is 2.65 bits per heavy atom. The highest BCUT2D eigenvalue weighted by molar-refractivity contribution is 8.00. The van der Waals surface area contributed by atoms with E-state index in [9.17, 15) is 9.59 Å². The Hall–Kier alpha value is -1.53. The van der Waals surface area contributed by atoms with E-state index in [4.69, 9.17) is 0 Å². The summed E-state index contributed by atoms with van der Waals surface area (Å²) >= 11 is 1.62. The van der Waals surface area contributed by atoms with Crippen molar-refractivity contribution in [2.24, 2.45) is 5.92 Å². The minimum Gasteiger partial charge on any atom is -0.353 e. The molecule has 1 N–H and O–H groups in total. The molecule has 1 aromatic rings. The number of rotatable bonds is 8. The Bertz CT molecular complexity index is 633. The quantitative estimate of drug-likeness (QED) is 0.757. The number of carbonyl (C=O) groups is 2. The van der Waals surface area contributed by atoms with E-state index in [2.05, 4.69) is 38.2 Å². The van der Waals surface area contributed by atoms with Crippen molar-refractivity contribution < 1.29 is 9.59 Å². The van der Waals surface area contributed by atoms with Crippen molar-refractivity contribution in [1.29, 1.82) is 0 Å². The van der Waals surface area contributed by atoms with Crippen LogP contribution in [0.1, 0.15) is 36.8 Å². The molecular weight excluding hydrogens is 346 g/mol. The zero-order valence-corrected chi connectivity index (χ0v) is 17.3. The predicted molar refractivity (Wildman–Crippen MR) is 108 cm³/mol. The first-order chi connectivity index (χ1) is 12.3. The van der Waals surface area contributed by atoms with Crippen LogP contribution in [-0.2, 0) is 9.59 Å². The van der Waals surface area contributed by atoms with Crippen LogP contribution in [0.25, 0.3) is 0 Å². The molecule has 1 fully saturated rings. The fourth-order valence-electron chi connectivity index (χ4n) is 3.19. The van der Waals surface area contributed by atoms with Gasteiger partial charge in [0.15, 0.2) is 0 Å². The van der Waals surface area contributed by atoms with Crippen LogP contribution in [0, 0.1) is 12.8 Å². The van der Waals surface area contributed by atoms with Crippen LogP contribution in [0.3, 0.4) is 0 Å². The third-order valence-electron chi connectivity index (χ3n) is 4.55. The molecule has 6 heteroatoms. The second-order valence-corrected chi connectivity index (χ2v) is 8.63. The molecule has 5 nitrogen and oxygen atoms in total. The normalized spacial score (nSPS) is 18.7. The van der Waals surface area contributed by atoms with E-state index in [1.165, 1.54) is 0 Å². The number of aryl methyl sites for hydroxylation is 1. The van der Waals surface area contributed by atoms with Crippen LogP contribution in [0.4, 0.5) is 0 Å². The topological polar surface area (TPSA) is 52.7 Å². The van der Waals surface area contributed by atoms with Crippen LogP contribution in [0.2, 0.25) is 0 Å². The highest BCUT2D eigenvalue weighted by atomic mass is 32.2. The van der Waals surface area contributed by atoms with E-state index in [0.29, 0.717) is 24.6 Å². The van der Waals surface area contributed by atoms with Gasteiger partial charge in [-0.05, 0) is 44.5 Å². The molecule has 0 aliphatic carbocycles. The van der Waals surface area contributed by atoms with E-state index in [-0.39, 0.29) is 17.2 Å². The molecule has 1 aliphatic heterocycles. The summed E-state index contributed by atoms with van der Waals surface area (Å²) in [6, 6.07) is 7.70. The number of nitrogens with zero attached hydrogens (tertiary/aromatic N) is 2. The highest BCUT2D eigenvalue weighted by Crippen LogP contribution is 2.42. The molecule has 2 atom stereocenters. The van der Waals surface area contributed by atoms with Crippen molar-refractivity contribution in [2.45, 2.75) is 38.6 Å². The summed E-state index contributed by atoms with van der Waals surface area (Å²) in [4.78, 5) is 29.5. The minimum atomic E-state index is -0.427. The zero-order valence-electron chi connectivity index (χ0n) is 16.5. The molecule has 1 saturated heterocycles. The Balaban J connectivity index is 2.24. The Kier molecular flexibility index (Phi) is 7.53. The van der Waals surface area contributed by atoms with Gasteiger partial charge in [-0.25, -0.2) is 0 Å². The molecule has 26 heavy (non-hydrogen) atoms. The smallest absolute Gasteiger partial charge is 0.242 e. The molecular formula is C20H31N3O2S. The average Bonchev–Trinajstić information content (AvgIpc) is 2.93. The molecule has 2 rings (SSSR count). The van der Waals surface area contributed by atoms with Gasteiger partial charge in [-0.1, -0.05) is 38.1 Å². The monoisotopic (exact) mass is 377 g/mol. The lowest BCUT2D eigenvalue weighted by Crippen LogP contribution is -2.50. The van der Waals surface area contributed by atoms with E-state index < -0.39 is 6.04 Å². The number of nitrogens with one attached hydrogen (secondary N) is 1. The minimum absolute atomic E-state index is 0.0463. The molecule has 0 unspecified atom stereocenters. The summed E-state index contributed by atoms with van der Waals surface area (Å²) in [6.45, 7) is 7.62. The van der Waals surface area contributed by atoms with Gasteiger partial charge in [-0.15, -0.1) is 11.8 Å². The van der Waals surface area contributed by atoms with Gasteiger partial charge in [0.25, 0.3) is 0 Å². The van der Waals surface area contributed by atoms with Crippen molar-refractivity contribution in [3.63, 3.8) is 0 Å². The van der Waals surface area contributed by atoms with E-state index in [1.807, 2.05) is 36.0 Å². The standard InChI is InChI=1S/C20H31N3O2S/c1-14(2)12-17(19(25)21-10-11-22(4)5)23-18(24)13-26-20(23)16-9-7-6-8-15(16)3/h6-9,14,17,20H,10-13H2,1-5H3,(H,21,25)/t17-,20+/m0/s1. The van der Waals surface area contributed by atoms with Gasteiger partial charge in [0.1, 0.15) is 11.4 Å². The fraction of sp³-hybridized carbons (Fsp3) is 0.600.